The summed E-state index contributed by atoms with van der Waals surface area (Å²) in [6.45, 7) is 0. The molecule has 0 aliphatic carbocycles. The molecule has 0 spiro atoms. The topological polar surface area (TPSA) is 96.1 Å². The van der Waals surface area contributed by atoms with E-state index in [1.54, 1.807) is 36.4 Å². The third-order valence-electron chi connectivity index (χ3n) is 3.52. The molecule has 0 aliphatic heterocycles. The van der Waals surface area contributed by atoms with Gasteiger partial charge >= 0.3 is 0 Å². The van der Waals surface area contributed by atoms with Crippen molar-refractivity contribution in [3.05, 3.63) is 70.5 Å². The number of para-hydroxylation sites is 1. The Labute approximate surface area is 138 Å². The number of aromatic amines is 1. The maximum absolute atomic E-state index is 12.5. The van der Waals surface area contributed by atoms with Gasteiger partial charge in [0.1, 0.15) is 0 Å². The van der Waals surface area contributed by atoms with E-state index in [1.807, 2.05) is 0 Å². The fourth-order valence-corrected chi connectivity index (χ4v) is 3.06. The number of rotatable bonds is 3. The predicted octanol–water partition coefficient (Wildman–Crippen LogP) is 2.18. The lowest BCUT2D eigenvalue weighted by atomic mass is 10.1. The fourth-order valence-electron chi connectivity index (χ4n) is 2.40. The molecule has 0 saturated carbocycles. The van der Waals surface area contributed by atoms with Gasteiger partial charge in [-0.25, -0.2) is 8.42 Å². The Balaban J connectivity index is 2.01. The summed E-state index contributed by atoms with van der Waals surface area (Å²) in [5.74, 6) is -0.483. The van der Waals surface area contributed by atoms with E-state index in [0.717, 1.165) is 6.26 Å². The zero-order valence-corrected chi connectivity index (χ0v) is 13.6. The molecule has 3 aromatic rings. The number of amides is 1. The van der Waals surface area contributed by atoms with Crippen LogP contribution in [0, 0.1) is 0 Å². The van der Waals surface area contributed by atoms with Crippen LogP contribution in [0.3, 0.4) is 0 Å². The van der Waals surface area contributed by atoms with E-state index < -0.39 is 15.7 Å². The minimum absolute atomic E-state index is 0.107. The number of fused-ring (bicyclic) bond motifs is 1. The van der Waals surface area contributed by atoms with Crippen molar-refractivity contribution in [2.75, 3.05) is 11.6 Å². The second-order valence-corrected chi connectivity index (χ2v) is 7.36. The lowest BCUT2D eigenvalue weighted by molar-refractivity contribution is 0.102. The van der Waals surface area contributed by atoms with Crippen LogP contribution >= 0.6 is 0 Å². The smallest absolute Gasteiger partial charge is 0.256 e. The number of hydrogen-bond donors (Lipinski definition) is 2. The maximum Gasteiger partial charge on any atom is 0.256 e. The summed E-state index contributed by atoms with van der Waals surface area (Å²) in [7, 11) is -3.37. The first kappa shape index (κ1) is 15.9. The molecule has 0 atom stereocenters. The Kier molecular flexibility index (Phi) is 3.94. The summed E-state index contributed by atoms with van der Waals surface area (Å²) in [5, 5.41) is 3.24. The highest BCUT2D eigenvalue weighted by Gasteiger charge is 2.13. The Morgan fingerprint density at radius 1 is 1.04 bits per heavy atom. The van der Waals surface area contributed by atoms with E-state index in [2.05, 4.69) is 10.3 Å². The van der Waals surface area contributed by atoms with Gasteiger partial charge in [-0.1, -0.05) is 24.3 Å². The Morgan fingerprint density at radius 3 is 2.54 bits per heavy atom. The van der Waals surface area contributed by atoms with Gasteiger partial charge in [-0.3, -0.25) is 9.59 Å². The Hall–Kier alpha value is -2.93. The van der Waals surface area contributed by atoms with Crippen LogP contribution in [-0.4, -0.2) is 25.6 Å². The number of pyridine rings is 1. The average molecular weight is 342 g/mol. The highest BCUT2D eigenvalue weighted by molar-refractivity contribution is 7.90. The van der Waals surface area contributed by atoms with Gasteiger partial charge in [-0.2, -0.15) is 0 Å². The summed E-state index contributed by atoms with van der Waals surface area (Å²) >= 11 is 0. The van der Waals surface area contributed by atoms with E-state index in [0.29, 0.717) is 16.6 Å². The molecule has 0 saturated heterocycles. The van der Waals surface area contributed by atoms with Gasteiger partial charge in [-0.15, -0.1) is 0 Å². The van der Waals surface area contributed by atoms with Crippen LogP contribution in [0.1, 0.15) is 10.4 Å². The lowest BCUT2D eigenvalue weighted by Gasteiger charge is -2.09. The van der Waals surface area contributed by atoms with E-state index in [-0.39, 0.29) is 16.0 Å². The minimum atomic E-state index is -3.37. The highest BCUT2D eigenvalue weighted by Crippen LogP contribution is 2.19. The molecular weight excluding hydrogens is 328 g/mol. The zero-order chi connectivity index (χ0) is 17.3. The first-order valence-corrected chi connectivity index (χ1v) is 8.97. The number of hydrogen-bond acceptors (Lipinski definition) is 4. The van der Waals surface area contributed by atoms with Crippen LogP contribution < -0.4 is 10.9 Å². The van der Waals surface area contributed by atoms with Crippen LogP contribution in [0.5, 0.6) is 0 Å². The van der Waals surface area contributed by atoms with Gasteiger partial charge in [0, 0.05) is 28.9 Å². The quantitative estimate of drug-likeness (QED) is 0.762. The first-order valence-electron chi connectivity index (χ1n) is 7.08. The van der Waals surface area contributed by atoms with Gasteiger partial charge in [0.15, 0.2) is 9.84 Å². The van der Waals surface area contributed by atoms with E-state index >= 15 is 0 Å². The van der Waals surface area contributed by atoms with Crippen molar-refractivity contribution >= 4 is 32.3 Å². The van der Waals surface area contributed by atoms with Crippen LogP contribution in [0.15, 0.2) is 64.3 Å². The van der Waals surface area contributed by atoms with E-state index in [1.165, 1.54) is 18.2 Å². The molecule has 1 heterocycles. The first-order chi connectivity index (χ1) is 11.3. The zero-order valence-electron chi connectivity index (χ0n) is 12.7. The van der Waals surface area contributed by atoms with Crippen molar-refractivity contribution in [2.24, 2.45) is 0 Å². The molecule has 0 unspecified atom stereocenters. The molecule has 1 aromatic heterocycles. The van der Waals surface area contributed by atoms with Crippen LogP contribution in [0.25, 0.3) is 10.9 Å². The predicted molar refractivity (Wildman–Crippen MR) is 92.1 cm³/mol. The van der Waals surface area contributed by atoms with E-state index in [4.69, 9.17) is 0 Å². The van der Waals surface area contributed by atoms with Gasteiger partial charge in [0.05, 0.1) is 10.5 Å². The number of H-pyrrole nitrogens is 1. The number of sulfone groups is 1. The largest absolute Gasteiger partial charge is 0.322 e. The number of benzene rings is 2. The molecule has 0 fully saturated rings. The van der Waals surface area contributed by atoms with Crippen LogP contribution in [0.2, 0.25) is 0 Å². The monoisotopic (exact) mass is 342 g/mol. The van der Waals surface area contributed by atoms with Crippen molar-refractivity contribution in [3.8, 4) is 0 Å². The molecule has 2 aromatic carbocycles. The number of nitrogens with one attached hydrogen (secondary N) is 2. The molecular formula is C17H14N2O4S. The average Bonchev–Trinajstić information content (AvgIpc) is 2.53. The second kappa shape index (κ2) is 5.93. The van der Waals surface area contributed by atoms with Gasteiger partial charge < -0.3 is 10.3 Å². The number of carbonyl (C=O) groups is 1. The van der Waals surface area contributed by atoms with Crippen LogP contribution in [-0.2, 0) is 9.84 Å². The van der Waals surface area contributed by atoms with Gasteiger partial charge in [-0.05, 0) is 24.3 Å². The van der Waals surface area contributed by atoms with Crippen LogP contribution in [0.4, 0.5) is 5.69 Å². The summed E-state index contributed by atoms with van der Waals surface area (Å²) < 4.78 is 23.2. The summed E-state index contributed by atoms with van der Waals surface area (Å²) in [6, 6.07) is 14.1. The minimum Gasteiger partial charge on any atom is -0.322 e. The fraction of sp³-hybridized carbons (Fsp3) is 0.0588. The molecule has 0 radical (unpaired) electrons. The number of aromatic nitrogens is 1. The number of carbonyl (C=O) groups excluding carboxylic acids is 1. The van der Waals surface area contributed by atoms with Crippen molar-refractivity contribution in [3.63, 3.8) is 0 Å². The van der Waals surface area contributed by atoms with Gasteiger partial charge in [0.2, 0.25) is 5.56 Å². The van der Waals surface area contributed by atoms with Crippen molar-refractivity contribution in [1.82, 2.24) is 4.98 Å². The molecule has 1 amide bonds. The molecule has 3 rings (SSSR count). The van der Waals surface area contributed by atoms with Crippen molar-refractivity contribution < 1.29 is 13.2 Å². The molecule has 122 valence electrons. The maximum atomic E-state index is 12.5. The van der Waals surface area contributed by atoms with Crippen molar-refractivity contribution in [1.29, 1.82) is 0 Å². The Bertz CT molecular complexity index is 1100. The normalized spacial score (nSPS) is 11.4. The number of anilines is 1. The Morgan fingerprint density at radius 2 is 1.79 bits per heavy atom. The van der Waals surface area contributed by atoms with E-state index in [9.17, 15) is 18.0 Å². The summed E-state index contributed by atoms with van der Waals surface area (Å²) in [4.78, 5) is 27.0. The lowest BCUT2D eigenvalue weighted by Crippen LogP contribution is -2.17. The molecule has 0 bridgehead atoms. The highest BCUT2D eigenvalue weighted by atomic mass is 32.2. The second-order valence-electron chi connectivity index (χ2n) is 5.35. The summed E-state index contributed by atoms with van der Waals surface area (Å²) in [5.41, 5.74) is 0.732. The summed E-state index contributed by atoms with van der Waals surface area (Å²) in [6.07, 6.45) is 1.10. The van der Waals surface area contributed by atoms with Gasteiger partial charge in [0.25, 0.3) is 5.91 Å². The molecule has 6 nitrogen and oxygen atoms in total. The SMILES string of the molecule is CS(=O)(=O)c1cccc(NC(=O)c2cc(=O)[nH]c3ccccc23)c1. The van der Waals surface area contributed by atoms with Crippen molar-refractivity contribution in [2.45, 2.75) is 4.90 Å². The molecule has 24 heavy (non-hydrogen) atoms. The third kappa shape index (κ3) is 3.21. The standard InChI is InChI=1S/C17H14N2O4S/c1-24(22,23)12-6-4-5-11(9-12)18-17(21)14-10-16(20)19-15-8-3-2-7-13(14)15/h2-10H,1H3,(H,18,21)(H,19,20). The molecule has 0 aliphatic rings. The molecule has 2 N–H and O–H groups in total. The molecule has 7 heteroatoms. The third-order valence-corrected chi connectivity index (χ3v) is 4.63.